The van der Waals surface area contributed by atoms with Crippen LogP contribution in [0.5, 0.6) is 0 Å². The van der Waals surface area contributed by atoms with Crippen molar-refractivity contribution in [3.63, 3.8) is 0 Å². The van der Waals surface area contributed by atoms with Crippen molar-refractivity contribution in [2.45, 2.75) is 6.92 Å². The molecule has 0 spiro atoms. The first-order valence-corrected chi connectivity index (χ1v) is 8.15. The minimum Gasteiger partial charge on any atom is -0.295 e. The Bertz CT molecular complexity index is 952. The molecule has 3 aromatic rings. The van der Waals surface area contributed by atoms with Crippen molar-refractivity contribution in [1.29, 1.82) is 0 Å². The Morgan fingerprint density at radius 2 is 1.80 bits per heavy atom. The first kappa shape index (κ1) is 16.9. The Morgan fingerprint density at radius 3 is 2.52 bits per heavy atom. The fraction of sp³-hybridized carbons (Fsp3) is 0.0556. The maximum Gasteiger partial charge on any atom is 0.298 e. The molecule has 25 heavy (non-hydrogen) atoms. The Labute approximate surface area is 146 Å². The van der Waals surface area contributed by atoms with Crippen molar-refractivity contribution in [3.05, 3.63) is 70.6 Å². The molecule has 0 saturated heterocycles. The number of anilines is 1. The molecule has 4 nitrogen and oxygen atoms in total. The Hall–Kier alpha value is -2.93. The van der Waals surface area contributed by atoms with Gasteiger partial charge >= 0.3 is 0 Å². The van der Waals surface area contributed by atoms with Crippen LogP contribution in [0.4, 0.5) is 13.9 Å². The average molecular weight is 358 g/mol. The van der Waals surface area contributed by atoms with Gasteiger partial charge in [-0.05, 0) is 25.1 Å². The molecule has 1 aromatic heterocycles. The predicted molar refractivity (Wildman–Crippen MR) is 91.6 cm³/mol. The molecule has 0 unspecified atom stereocenters. The van der Waals surface area contributed by atoms with Gasteiger partial charge in [-0.15, -0.1) is 11.3 Å². The zero-order valence-corrected chi connectivity index (χ0v) is 13.9. The van der Waals surface area contributed by atoms with Crippen LogP contribution in [0.25, 0.3) is 11.3 Å². The highest BCUT2D eigenvalue weighted by Crippen LogP contribution is 2.27. The summed E-state index contributed by atoms with van der Waals surface area (Å²) in [5.74, 6) is -2.76. The molecule has 1 amide bonds. The number of thiazole rings is 1. The van der Waals surface area contributed by atoms with E-state index in [1.54, 1.807) is 24.3 Å². The zero-order chi connectivity index (χ0) is 18.0. The lowest BCUT2D eigenvalue weighted by atomic mass is 10.1. The molecular formula is C18H12F2N2O2S. The quantitative estimate of drug-likeness (QED) is 0.561. The molecule has 0 aliphatic heterocycles. The first-order chi connectivity index (χ1) is 11.9. The fourth-order valence-electron chi connectivity index (χ4n) is 2.14. The molecule has 7 heteroatoms. The number of halogens is 2. The molecule has 0 aliphatic rings. The number of rotatable bonds is 4. The van der Waals surface area contributed by atoms with Gasteiger partial charge in [-0.3, -0.25) is 14.9 Å². The van der Waals surface area contributed by atoms with E-state index in [2.05, 4.69) is 10.3 Å². The molecule has 0 aliphatic carbocycles. The topological polar surface area (TPSA) is 59.1 Å². The maximum atomic E-state index is 13.8. The summed E-state index contributed by atoms with van der Waals surface area (Å²) >= 11 is 1.02. The largest absolute Gasteiger partial charge is 0.298 e. The molecular weight excluding hydrogens is 346 g/mol. The smallest absolute Gasteiger partial charge is 0.295 e. The molecule has 2 aromatic carbocycles. The van der Waals surface area contributed by atoms with Gasteiger partial charge in [-0.25, -0.2) is 13.8 Å². The van der Waals surface area contributed by atoms with Gasteiger partial charge < -0.3 is 0 Å². The van der Waals surface area contributed by atoms with Gasteiger partial charge in [0.2, 0.25) is 0 Å². The summed E-state index contributed by atoms with van der Waals surface area (Å²) in [4.78, 5) is 28.2. The van der Waals surface area contributed by atoms with Crippen molar-refractivity contribution < 1.29 is 18.4 Å². The molecule has 0 bridgehead atoms. The van der Waals surface area contributed by atoms with Crippen LogP contribution in [0.1, 0.15) is 15.9 Å². The second-order valence-electron chi connectivity index (χ2n) is 5.31. The lowest BCUT2D eigenvalue weighted by Gasteiger charge is -2.02. The van der Waals surface area contributed by atoms with Crippen LogP contribution >= 0.6 is 11.3 Å². The molecule has 0 radical (unpaired) electrons. The second kappa shape index (κ2) is 6.90. The van der Waals surface area contributed by atoms with Crippen molar-refractivity contribution in [3.8, 4) is 11.3 Å². The van der Waals surface area contributed by atoms with Gasteiger partial charge in [0.25, 0.3) is 11.7 Å². The lowest BCUT2D eigenvalue weighted by Crippen LogP contribution is -2.22. The number of hydrogen-bond acceptors (Lipinski definition) is 4. The number of aryl methyl sites for hydroxylation is 1. The van der Waals surface area contributed by atoms with Crippen molar-refractivity contribution in [2.24, 2.45) is 0 Å². The summed E-state index contributed by atoms with van der Waals surface area (Å²) in [6, 6.07) is 9.62. The van der Waals surface area contributed by atoms with E-state index >= 15 is 0 Å². The number of Topliss-reactive ketones (excluding diaryl/α,β-unsaturated/α-hetero) is 1. The van der Waals surface area contributed by atoms with Gasteiger partial charge in [0.1, 0.15) is 11.6 Å². The number of amides is 1. The summed E-state index contributed by atoms with van der Waals surface area (Å²) < 4.78 is 27.0. The zero-order valence-electron chi connectivity index (χ0n) is 13.0. The number of hydrogen-bond donors (Lipinski definition) is 1. The minimum atomic E-state index is -0.843. The third kappa shape index (κ3) is 3.77. The number of nitrogens with zero attached hydrogens (tertiary/aromatic N) is 1. The number of aromatic nitrogens is 1. The standard InChI is InChI=1S/C18H12F2N2O2S/c1-10-2-4-11(5-3-10)16(23)17(24)22-18-21-15(9-25-18)13-8-12(19)6-7-14(13)20/h2-9H,1H3,(H,21,22,24). The number of carbonyl (C=O) groups is 2. The molecule has 0 fully saturated rings. The third-order valence-electron chi connectivity index (χ3n) is 3.45. The van der Waals surface area contributed by atoms with Crippen LogP contribution in [-0.4, -0.2) is 16.7 Å². The Morgan fingerprint density at radius 1 is 1.08 bits per heavy atom. The van der Waals surface area contributed by atoms with Crippen LogP contribution in [0.15, 0.2) is 47.8 Å². The molecule has 0 atom stereocenters. The van der Waals surface area contributed by atoms with E-state index in [1.807, 2.05) is 6.92 Å². The van der Waals surface area contributed by atoms with E-state index in [4.69, 9.17) is 0 Å². The summed E-state index contributed by atoms with van der Waals surface area (Å²) in [5.41, 5.74) is 1.40. The van der Waals surface area contributed by atoms with E-state index in [9.17, 15) is 18.4 Å². The molecule has 1 heterocycles. The monoisotopic (exact) mass is 358 g/mol. The van der Waals surface area contributed by atoms with Gasteiger partial charge in [-0.2, -0.15) is 0 Å². The normalized spacial score (nSPS) is 10.5. The van der Waals surface area contributed by atoms with Crippen LogP contribution in [-0.2, 0) is 4.79 Å². The van der Waals surface area contributed by atoms with E-state index in [-0.39, 0.29) is 22.0 Å². The minimum absolute atomic E-state index is 0.0124. The Kier molecular flexibility index (Phi) is 4.67. The molecule has 0 saturated carbocycles. The average Bonchev–Trinajstić information content (AvgIpc) is 3.05. The van der Waals surface area contributed by atoms with Crippen LogP contribution in [0.3, 0.4) is 0 Å². The molecule has 1 N–H and O–H groups in total. The number of carbonyl (C=O) groups excluding carboxylic acids is 2. The molecule has 3 rings (SSSR count). The lowest BCUT2D eigenvalue weighted by molar-refractivity contribution is -0.112. The summed E-state index contributed by atoms with van der Waals surface area (Å²) in [5, 5.41) is 3.99. The van der Waals surface area contributed by atoms with Crippen molar-refractivity contribution in [1.82, 2.24) is 4.98 Å². The fourth-order valence-corrected chi connectivity index (χ4v) is 2.84. The number of ketones is 1. The van der Waals surface area contributed by atoms with E-state index in [1.165, 1.54) is 5.38 Å². The van der Waals surface area contributed by atoms with Gasteiger partial charge in [-0.1, -0.05) is 29.8 Å². The van der Waals surface area contributed by atoms with Gasteiger partial charge in [0.05, 0.1) is 5.69 Å². The van der Waals surface area contributed by atoms with E-state index < -0.39 is 23.3 Å². The number of nitrogens with one attached hydrogen (secondary N) is 1. The Balaban J connectivity index is 1.77. The van der Waals surface area contributed by atoms with Crippen molar-refractivity contribution in [2.75, 3.05) is 5.32 Å². The molecule has 126 valence electrons. The third-order valence-corrected chi connectivity index (χ3v) is 4.21. The predicted octanol–water partition coefficient (Wildman–Crippen LogP) is 4.22. The summed E-state index contributed by atoms with van der Waals surface area (Å²) in [7, 11) is 0. The van der Waals surface area contributed by atoms with Gasteiger partial charge in [0, 0.05) is 16.5 Å². The van der Waals surface area contributed by atoms with Crippen LogP contribution in [0.2, 0.25) is 0 Å². The highest BCUT2D eigenvalue weighted by atomic mass is 32.1. The summed E-state index contributed by atoms with van der Waals surface area (Å²) in [6.07, 6.45) is 0. The summed E-state index contributed by atoms with van der Waals surface area (Å²) in [6.45, 7) is 1.87. The SMILES string of the molecule is Cc1ccc(C(=O)C(=O)Nc2nc(-c3cc(F)ccc3F)cs2)cc1. The highest BCUT2D eigenvalue weighted by Gasteiger charge is 2.18. The highest BCUT2D eigenvalue weighted by molar-refractivity contribution is 7.14. The van der Waals surface area contributed by atoms with Crippen LogP contribution in [0, 0.1) is 18.6 Å². The van der Waals surface area contributed by atoms with E-state index in [0.29, 0.717) is 0 Å². The van der Waals surface area contributed by atoms with E-state index in [0.717, 1.165) is 35.1 Å². The van der Waals surface area contributed by atoms with Crippen molar-refractivity contribution >= 4 is 28.2 Å². The first-order valence-electron chi connectivity index (χ1n) is 7.27. The van der Waals surface area contributed by atoms with Gasteiger partial charge in [0.15, 0.2) is 5.13 Å². The number of benzene rings is 2. The second-order valence-corrected chi connectivity index (χ2v) is 6.17. The maximum absolute atomic E-state index is 13.8. The van der Waals surface area contributed by atoms with Crippen LogP contribution < -0.4 is 5.32 Å².